The van der Waals surface area contributed by atoms with E-state index in [0.717, 1.165) is 21.9 Å². The monoisotopic (exact) mass is 343 g/mol. The highest BCUT2D eigenvalue weighted by molar-refractivity contribution is 7.16. The van der Waals surface area contributed by atoms with Gasteiger partial charge < -0.3 is 9.26 Å². The van der Waals surface area contributed by atoms with Gasteiger partial charge in [-0.1, -0.05) is 5.16 Å². The molecular formula is C17H17N3O3S. The summed E-state index contributed by atoms with van der Waals surface area (Å²) in [6, 6.07) is 9.32. The molecule has 3 aromatic rings. The second-order valence-corrected chi connectivity index (χ2v) is 6.37. The second-order valence-electron chi connectivity index (χ2n) is 5.17. The summed E-state index contributed by atoms with van der Waals surface area (Å²) in [6.07, 6.45) is 0. The Bertz CT molecular complexity index is 852. The molecule has 1 N–H and O–H groups in total. The predicted molar refractivity (Wildman–Crippen MR) is 92.6 cm³/mol. The fourth-order valence-electron chi connectivity index (χ4n) is 2.22. The van der Waals surface area contributed by atoms with Gasteiger partial charge in [0.1, 0.15) is 5.75 Å². The number of rotatable bonds is 5. The number of nitrogens with zero attached hydrogens (tertiary/aromatic N) is 2. The minimum atomic E-state index is -0.359. The zero-order valence-electron chi connectivity index (χ0n) is 13.6. The standard InChI is InChI=1S/C17H17N3O3S/c1-4-22-13-7-5-12(6-8-13)15-11(3)24-17(18-15)19-16(21)14-9-10(2)20-23-14/h5-9H,4H2,1-3H3,(H,18,19,21). The Balaban J connectivity index is 1.78. The van der Waals surface area contributed by atoms with Crippen molar-refractivity contribution in [1.29, 1.82) is 0 Å². The molecule has 2 heterocycles. The van der Waals surface area contributed by atoms with E-state index in [4.69, 9.17) is 9.26 Å². The van der Waals surface area contributed by atoms with Gasteiger partial charge in [-0.15, -0.1) is 11.3 Å². The lowest BCUT2D eigenvalue weighted by molar-refractivity contribution is 0.0988. The smallest absolute Gasteiger partial charge is 0.296 e. The normalized spacial score (nSPS) is 10.6. The molecule has 0 aliphatic rings. The molecule has 6 nitrogen and oxygen atoms in total. The fraction of sp³-hybridized carbons (Fsp3) is 0.235. The first-order valence-electron chi connectivity index (χ1n) is 7.52. The van der Waals surface area contributed by atoms with Crippen LogP contribution in [0.1, 0.15) is 28.0 Å². The molecule has 0 fully saturated rings. The maximum absolute atomic E-state index is 12.1. The number of aromatic nitrogens is 2. The van der Waals surface area contributed by atoms with E-state index in [1.165, 1.54) is 11.3 Å². The van der Waals surface area contributed by atoms with Gasteiger partial charge in [0.15, 0.2) is 5.13 Å². The van der Waals surface area contributed by atoms with E-state index in [2.05, 4.69) is 15.5 Å². The van der Waals surface area contributed by atoms with Crippen molar-refractivity contribution in [3.05, 3.63) is 46.7 Å². The van der Waals surface area contributed by atoms with Gasteiger partial charge >= 0.3 is 0 Å². The van der Waals surface area contributed by atoms with Crippen molar-refractivity contribution in [2.45, 2.75) is 20.8 Å². The van der Waals surface area contributed by atoms with E-state index in [9.17, 15) is 4.79 Å². The highest BCUT2D eigenvalue weighted by Crippen LogP contribution is 2.31. The van der Waals surface area contributed by atoms with Crippen LogP contribution in [-0.2, 0) is 0 Å². The van der Waals surface area contributed by atoms with E-state index in [-0.39, 0.29) is 11.7 Å². The van der Waals surface area contributed by atoms with Crippen LogP contribution in [-0.4, -0.2) is 22.7 Å². The van der Waals surface area contributed by atoms with Gasteiger partial charge in [-0.3, -0.25) is 10.1 Å². The lowest BCUT2D eigenvalue weighted by atomic mass is 10.1. The third-order valence-electron chi connectivity index (χ3n) is 3.31. The van der Waals surface area contributed by atoms with Crippen LogP contribution in [0, 0.1) is 13.8 Å². The molecule has 0 bridgehead atoms. The minimum absolute atomic E-state index is 0.169. The molecule has 0 radical (unpaired) electrons. The van der Waals surface area contributed by atoms with Crippen LogP contribution in [0.15, 0.2) is 34.9 Å². The van der Waals surface area contributed by atoms with Gasteiger partial charge in [0, 0.05) is 16.5 Å². The fourth-order valence-corrected chi connectivity index (χ4v) is 3.05. The number of nitrogens with one attached hydrogen (secondary N) is 1. The number of carbonyl (C=O) groups is 1. The van der Waals surface area contributed by atoms with E-state index >= 15 is 0 Å². The number of hydrogen-bond donors (Lipinski definition) is 1. The summed E-state index contributed by atoms with van der Waals surface area (Å²) < 4.78 is 10.4. The Morgan fingerprint density at radius 2 is 2.04 bits per heavy atom. The molecule has 0 saturated carbocycles. The molecule has 0 spiro atoms. The molecular weight excluding hydrogens is 326 g/mol. The Hall–Kier alpha value is -2.67. The zero-order chi connectivity index (χ0) is 17.1. The number of amides is 1. The summed E-state index contributed by atoms with van der Waals surface area (Å²) in [5.41, 5.74) is 2.47. The number of aryl methyl sites for hydroxylation is 2. The highest BCUT2D eigenvalue weighted by atomic mass is 32.1. The lowest BCUT2D eigenvalue weighted by Crippen LogP contribution is -2.10. The van der Waals surface area contributed by atoms with Crippen LogP contribution >= 0.6 is 11.3 Å². The van der Waals surface area contributed by atoms with Gasteiger partial charge in [-0.25, -0.2) is 4.98 Å². The molecule has 7 heteroatoms. The molecule has 0 saturated heterocycles. The first kappa shape index (κ1) is 16.2. The number of anilines is 1. The third kappa shape index (κ3) is 3.46. The largest absolute Gasteiger partial charge is 0.494 e. The summed E-state index contributed by atoms with van der Waals surface area (Å²) in [5.74, 6) is 0.633. The van der Waals surface area contributed by atoms with Crippen molar-refractivity contribution in [1.82, 2.24) is 10.1 Å². The molecule has 2 aromatic heterocycles. The quantitative estimate of drug-likeness (QED) is 0.756. The molecule has 124 valence electrons. The van der Waals surface area contributed by atoms with Gasteiger partial charge in [0.05, 0.1) is 18.0 Å². The van der Waals surface area contributed by atoms with E-state index in [1.807, 2.05) is 38.1 Å². The van der Waals surface area contributed by atoms with Crippen LogP contribution in [0.2, 0.25) is 0 Å². The topological polar surface area (TPSA) is 77.2 Å². The van der Waals surface area contributed by atoms with Crippen molar-refractivity contribution in [3.63, 3.8) is 0 Å². The summed E-state index contributed by atoms with van der Waals surface area (Å²) >= 11 is 1.42. The predicted octanol–water partition coefficient (Wildman–Crippen LogP) is 4.07. The van der Waals surface area contributed by atoms with E-state index < -0.39 is 0 Å². The Kier molecular flexibility index (Phi) is 4.61. The SMILES string of the molecule is CCOc1ccc(-c2nc(NC(=O)c3cc(C)no3)sc2C)cc1. The van der Waals surface area contributed by atoms with Gasteiger partial charge in [0.25, 0.3) is 5.91 Å². The number of hydrogen-bond acceptors (Lipinski definition) is 6. The van der Waals surface area contributed by atoms with Crippen molar-refractivity contribution in [2.75, 3.05) is 11.9 Å². The molecule has 0 aliphatic carbocycles. The number of thiazole rings is 1. The van der Waals surface area contributed by atoms with Gasteiger partial charge in [-0.05, 0) is 45.0 Å². The maximum atomic E-state index is 12.1. The van der Waals surface area contributed by atoms with Crippen LogP contribution in [0.5, 0.6) is 5.75 Å². The van der Waals surface area contributed by atoms with Crippen LogP contribution in [0.25, 0.3) is 11.3 Å². The van der Waals surface area contributed by atoms with Crippen LogP contribution in [0.3, 0.4) is 0 Å². The van der Waals surface area contributed by atoms with Gasteiger partial charge in [0.2, 0.25) is 5.76 Å². The third-order valence-corrected chi connectivity index (χ3v) is 4.19. The zero-order valence-corrected chi connectivity index (χ0v) is 14.4. The van der Waals surface area contributed by atoms with Crippen LogP contribution < -0.4 is 10.1 Å². The lowest BCUT2D eigenvalue weighted by Gasteiger charge is -2.04. The van der Waals surface area contributed by atoms with Crippen molar-refractivity contribution >= 4 is 22.4 Å². The Labute approximate surface area is 143 Å². The minimum Gasteiger partial charge on any atom is -0.494 e. The molecule has 1 aromatic carbocycles. The summed E-state index contributed by atoms with van der Waals surface area (Å²) in [7, 11) is 0. The maximum Gasteiger partial charge on any atom is 0.296 e. The average molecular weight is 343 g/mol. The van der Waals surface area contributed by atoms with E-state index in [1.54, 1.807) is 13.0 Å². The number of carbonyl (C=O) groups excluding carboxylic acids is 1. The summed E-state index contributed by atoms with van der Waals surface area (Å²) in [4.78, 5) is 17.6. The van der Waals surface area contributed by atoms with Crippen molar-refractivity contribution in [3.8, 4) is 17.0 Å². The molecule has 3 rings (SSSR count). The average Bonchev–Trinajstić information content (AvgIpc) is 3.14. The number of ether oxygens (including phenoxy) is 1. The van der Waals surface area contributed by atoms with Gasteiger partial charge in [-0.2, -0.15) is 0 Å². The van der Waals surface area contributed by atoms with E-state index in [0.29, 0.717) is 17.4 Å². The van der Waals surface area contributed by atoms with Crippen molar-refractivity contribution < 1.29 is 14.1 Å². The van der Waals surface area contributed by atoms with Crippen molar-refractivity contribution in [2.24, 2.45) is 0 Å². The van der Waals surface area contributed by atoms with Crippen LogP contribution in [0.4, 0.5) is 5.13 Å². The molecule has 0 atom stereocenters. The summed E-state index contributed by atoms with van der Waals surface area (Å²) in [6.45, 7) is 6.31. The Morgan fingerprint density at radius 3 is 2.67 bits per heavy atom. The Morgan fingerprint density at radius 1 is 1.29 bits per heavy atom. The summed E-state index contributed by atoms with van der Waals surface area (Å²) in [5, 5.41) is 6.98. The second kappa shape index (κ2) is 6.84. The first-order valence-corrected chi connectivity index (χ1v) is 8.34. The molecule has 0 unspecified atom stereocenters. The first-order chi connectivity index (χ1) is 11.6. The number of benzene rings is 1. The molecule has 0 aliphatic heterocycles. The highest BCUT2D eigenvalue weighted by Gasteiger charge is 2.16. The molecule has 1 amide bonds. The molecule has 24 heavy (non-hydrogen) atoms.